The Morgan fingerprint density at radius 3 is 2.95 bits per heavy atom. The fourth-order valence-corrected chi connectivity index (χ4v) is 1.95. The number of hydrogen-bond donors (Lipinski definition) is 1. The number of nitrogens with zero attached hydrogens (tertiary/aromatic N) is 1. The van der Waals surface area contributed by atoms with Crippen molar-refractivity contribution < 1.29 is 9.13 Å². The Balaban J connectivity index is 2.06. The summed E-state index contributed by atoms with van der Waals surface area (Å²) in [5.41, 5.74) is 1.42. The van der Waals surface area contributed by atoms with Crippen LogP contribution >= 0.6 is 11.6 Å². The molecule has 2 aromatic rings. The number of nitrogens with one attached hydrogen (secondary N) is 1. The van der Waals surface area contributed by atoms with Crippen LogP contribution in [0, 0.1) is 5.82 Å². The first kappa shape index (κ1) is 14.8. The van der Waals surface area contributed by atoms with Gasteiger partial charge < -0.3 is 10.1 Å². The highest BCUT2D eigenvalue weighted by Gasteiger charge is 2.10. The minimum Gasteiger partial charge on any atom is -0.471 e. The molecule has 0 atom stereocenters. The van der Waals surface area contributed by atoms with E-state index in [1.54, 1.807) is 24.4 Å². The first-order chi connectivity index (χ1) is 9.70. The molecule has 106 valence electrons. The van der Waals surface area contributed by atoms with E-state index in [1.807, 2.05) is 19.1 Å². The molecule has 3 nitrogen and oxygen atoms in total. The molecule has 20 heavy (non-hydrogen) atoms. The van der Waals surface area contributed by atoms with Crippen LogP contribution in [0.2, 0.25) is 5.02 Å². The third-order valence-electron chi connectivity index (χ3n) is 2.77. The summed E-state index contributed by atoms with van der Waals surface area (Å²) >= 11 is 5.89. The van der Waals surface area contributed by atoms with Crippen molar-refractivity contribution in [1.82, 2.24) is 10.3 Å². The lowest BCUT2D eigenvalue weighted by molar-refractivity contribution is 0.276. The van der Waals surface area contributed by atoms with E-state index in [0.717, 1.165) is 12.1 Å². The Morgan fingerprint density at radius 2 is 2.20 bits per heavy atom. The number of aromatic nitrogens is 1. The summed E-state index contributed by atoms with van der Waals surface area (Å²) in [7, 11) is 0. The minimum absolute atomic E-state index is 0.0142. The van der Waals surface area contributed by atoms with Crippen molar-refractivity contribution in [2.75, 3.05) is 6.54 Å². The van der Waals surface area contributed by atoms with E-state index in [-0.39, 0.29) is 12.5 Å². The maximum absolute atomic E-state index is 14.1. The van der Waals surface area contributed by atoms with Gasteiger partial charge in [0.25, 0.3) is 5.88 Å². The summed E-state index contributed by atoms with van der Waals surface area (Å²) in [4.78, 5) is 3.93. The fourth-order valence-electron chi connectivity index (χ4n) is 1.74. The number of rotatable bonds is 6. The summed E-state index contributed by atoms with van der Waals surface area (Å²) < 4.78 is 19.6. The smallest absolute Gasteiger partial charge is 0.251 e. The van der Waals surface area contributed by atoms with E-state index < -0.39 is 5.82 Å². The number of hydrogen-bond acceptors (Lipinski definition) is 3. The lowest BCUT2D eigenvalue weighted by Crippen LogP contribution is -2.13. The number of halogens is 2. The molecule has 0 saturated heterocycles. The molecule has 0 radical (unpaired) electrons. The van der Waals surface area contributed by atoms with Crippen molar-refractivity contribution in [1.29, 1.82) is 0 Å². The third-order valence-corrected chi connectivity index (χ3v) is 3.00. The summed E-state index contributed by atoms with van der Waals surface area (Å²) in [6.07, 6.45) is 1.54. The molecule has 1 aromatic heterocycles. The number of benzene rings is 1. The van der Waals surface area contributed by atoms with Gasteiger partial charge in [-0.1, -0.05) is 30.7 Å². The van der Waals surface area contributed by atoms with Gasteiger partial charge in [0.2, 0.25) is 0 Å². The molecule has 0 aliphatic rings. The lowest BCUT2D eigenvalue weighted by atomic mass is 10.2. The van der Waals surface area contributed by atoms with Gasteiger partial charge in [-0.05, 0) is 30.3 Å². The van der Waals surface area contributed by atoms with Crippen molar-refractivity contribution in [2.45, 2.75) is 20.1 Å². The third kappa shape index (κ3) is 3.92. The van der Waals surface area contributed by atoms with Gasteiger partial charge in [-0.25, -0.2) is 9.37 Å². The first-order valence-corrected chi connectivity index (χ1v) is 6.80. The Hall–Kier alpha value is -1.65. The Labute approximate surface area is 122 Å². The highest BCUT2D eigenvalue weighted by Crippen LogP contribution is 2.19. The van der Waals surface area contributed by atoms with Crippen LogP contribution < -0.4 is 10.1 Å². The summed E-state index contributed by atoms with van der Waals surface area (Å²) in [6.45, 7) is 3.43. The van der Waals surface area contributed by atoms with Crippen molar-refractivity contribution in [3.63, 3.8) is 0 Å². The van der Waals surface area contributed by atoms with Gasteiger partial charge in [-0.2, -0.15) is 0 Å². The predicted molar refractivity (Wildman–Crippen MR) is 77.4 cm³/mol. The highest BCUT2D eigenvalue weighted by molar-refractivity contribution is 6.30. The van der Waals surface area contributed by atoms with Gasteiger partial charge in [0.15, 0.2) is 5.82 Å². The molecule has 0 saturated carbocycles. The first-order valence-electron chi connectivity index (χ1n) is 6.42. The second-order valence-electron chi connectivity index (χ2n) is 4.29. The maximum atomic E-state index is 14.1. The topological polar surface area (TPSA) is 34.2 Å². The zero-order valence-corrected chi connectivity index (χ0v) is 12.0. The normalized spacial score (nSPS) is 10.6. The molecule has 2 rings (SSSR count). The van der Waals surface area contributed by atoms with E-state index >= 15 is 0 Å². The van der Waals surface area contributed by atoms with Crippen LogP contribution in [0.4, 0.5) is 4.39 Å². The van der Waals surface area contributed by atoms with E-state index in [1.165, 1.54) is 0 Å². The van der Waals surface area contributed by atoms with Gasteiger partial charge in [0, 0.05) is 23.3 Å². The molecule has 1 heterocycles. The molecule has 0 aliphatic carbocycles. The summed E-state index contributed by atoms with van der Waals surface area (Å²) in [6, 6.07) is 8.89. The molecule has 5 heteroatoms. The lowest BCUT2D eigenvalue weighted by Gasteiger charge is -2.09. The molecule has 0 spiro atoms. The van der Waals surface area contributed by atoms with Crippen LogP contribution in [0.25, 0.3) is 0 Å². The van der Waals surface area contributed by atoms with Gasteiger partial charge in [0.1, 0.15) is 6.61 Å². The van der Waals surface area contributed by atoms with E-state index in [9.17, 15) is 4.39 Å². The quantitative estimate of drug-likeness (QED) is 0.884. The van der Waals surface area contributed by atoms with Crippen LogP contribution in [-0.2, 0) is 13.2 Å². The standard InChI is InChI=1S/C15H16ClFN2O/c1-2-18-9-12-6-7-19-15(14(12)17)20-10-11-4-3-5-13(16)8-11/h3-8,18H,2,9-10H2,1H3. The average Bonchev–Trinajstić information content (AvgIpc) is 2.45. The van der Waals surface area contributed by atoms with E-state index in [2.05, 4.69) is 10.3 Å². The van der Waals surface area contributed by atoms with Crippen LogP contribution in [0.3, 0.4) is 0 Å². The number of pyridine rings is 1. The van der Waals surface area contributed by atoms with E-state index in [0.29, 0.717) is 17.1 Å². The van der Waals surface area contributed by atoms with Gasteiger partial charge in [-0.3, -0.25) is 0 Å². The van der Waals surface area contributed by atoms with Gasteiger partial charge in [0.05, 0.1) is 0 Å². The SMILES string of the molecule is CCNCc1ccnc(OCc2cccc(Cl)c2)c1F. The molecule has 1 N–H and O–H groups in total. The maximum Gasteiger partial charge on any atom is 0.251 e. The molecule has 1 aromatic carbocycles. The molecule has 0 unspecified atom stereocenters. The van der Waals surface area contributed by atoms with Crippen molar-refractivity contribution >= 4 is 11.6 Å². The molecule has 0 amide bonds. The minimum atomic E-state index is -0.421. The highest BCUT2D eigenvalue weighted by atomic mass is 35.5. The summed E-state index contributed by atoms with van der Waals surface area (Å²) in [5.74, 6) is -0.407. The average molecular weight is 295 g/mol. The molecular weight excluding hydrogens is 279 g/mol. The van der Waals surface area contributed by atoms with Gasteiger partial charge >= 0.3 is 0 Å². The Bertz CT molecular complexity index is 578. The molecule has 0 bridgehead atoms. The van der Waals surface area contributed by atoms with Crippen molar-refractivity contribution in [3.8, 4) is 5.88 Å². The number of ether oxygens (including phenoxy) is 1. The van der Waals surface area contributed by atoms with Crippen LogP contribution in [0.1, 0.15) is 18.1 Å². The predicted octanol–water partition coefficient (Wildman–Crippen LogP) is 3.56. The van der Waals surface area contributed by atoms with E-state index in [4.69, 9.17) is 16.3 Å². The molecular formula is C15H16ClFN2O. The van der Waals surface area contributed by atoms with Gasteiger partial charge in [-0.15, -0.1) is 0 Å². The summed E-state index contributed by atoms with van der Waals surface area (Å²) in [5, 5.41) is 3.70. The zero-order valence-electron chi connectivity index (χ0n) is 11.2. The van der Waals surface area contributed by atoms with Crippen molar-refractivity contribution in [2.24, 2.45) is 0 Å². The van der Waals surface area contributed by atoms with Crippen LogP contribution in [0.15, 0.2) is 36.5 Å². The van der Waals surface area contributed by atoms with Crippen LogP contribution in [0.5, 0.6) is 5.88 Å². The fraction of sp³-hybridized carbons (Fsp3) is 0.267. The van der Waals surface area contributed by atoms with Crippen molar-refractivity contribution in [3.05, 3.63) is 58.5 Å². The second-order valence-corrected chi connectivity index (χ2v) is 4.72. The largest absolute Gasteiger partial charge is 0.471 e. The Kier molecular flexibility index (Phi) is 5.32. The van der Waals surface area contributed by atoms with Crippen LogP contribution in [-0.4, -0.2) is 11.5 Å². The monoisotopic (exact) mass is 294 g/mol. The Morgan fingerprint density at radius 1 is 1.35 bits per heavy atom. The second kappa shape index (κ2) is 7.22. The molecule has 0 fully saturated rings. The zero-order chi connectivity index (χ0) is 14.4. The molecule has 0 aliphatic heterocycles.